The van der Waals surface area contributed by atoms with Crippen molar-refractivity contribution < 1.29 is 14.6 Å². The van der Waals surface area contributed by atoms with Gasteiger partial charge in [-0.3, -0.25) is 20.2 Å². The summed E-state index contributed by atoms with van der Waals surface area (Å²) in [4.78, 5) is 20.5. The molecule has 1 fully saturated rings. The number of anilines is 1. The predicted octanol–water partition coefficient (Wildman–Crippen LogP) is 2.87. The van der Waals surface area contributed by atoms with E-state index in [1.165, 1.54) is 12.1 Å². The molecule has 2 rings (SSSR count). The molecule has 2 atom stereocenters. The molecule has 8 nitrogen and oxygen atoms in total. The van der Waals surface area contributed by atoms with Gasteiger partial charge in [-0.15, -0.1) is 0 Å². The highest BCUT2D eigenvalue weighted by molar-refractivity contribution is 5.65. The Morgan fingerprint density at radius 2 is 2.00 bits per heavy atom. The van der Waals surface area contributed by atoms with E-state index in [-0.39, 0.29) is 23.5 Å². The number of hydrogen-bond donors (Lipinski definition) is 1. The summed E-state index contributed by atoms with van der Waals surface area (Å²) in [5, 5.41) is 24.9. The molecule has 1 aliphatic rings. The molecular formula is C13H17N3O5. The van der Waals surface area contributed by atoms with E-state index in [4.69, 9.17) is 4.74 Å². The summed E-state index contributed by atoms with van der Waals surface area (Å²) in [5.74, 6) is 0. The van der Waals surface area contributed by atoms with Gasteiger partial charge in [0, 0.05) is 19.2 Å². The fourth-order valence-electron chi connectivity index (χ4n) is 2.62. The molecule has 0 saturated heterocycles. The van der Waals surface area contributed by atoms with Gasteiger partial charge in [0.05, 0.1) is 22.0 Å². The average Bonchev–Trinajstić information content (AvgIpc) is 2.47. The number of benzene rings is 1. The summed E-state index contributed by atoms with van der Waals surface area (Å²) in [6.45, 7) is 0. The van der Waals surface area contributed by atoms with Crippen LogP contribution in [0.25, 0.3) is 0 Å². The molecule has 8 heteroatoms. The zero-order valence-corrected chi connectivity index (χ0v) is 11.7. The van der Waals surface area contributed by atoms with Crippen LogP contribution in [0.3, 0.4) is 0 Å². The number of nitrogens with zero attached hydrogens (tertiary/aromatic N) is 2. The lowest BCUT2D eigenvalue weighted by molar-refractivity contribution is -0.393. The standard InChI is InChI=1S/C13H17N3O5/c1-21-11-4-2-3-9(7-11)14-12-6-5-10(15(17)18)8-13(12)16(19)20/h5-6,8-9,11,14H,2-4,7H2,1H3. The van der Waals surface area contributed by atoms with Crippen LogP contribution in [0.4, 0.5) is 17.1 Å². The highest BCUT2D eigenvalue weighted by Crippen LogP contribution is 2.32. The molecule has 0 aliphatic heterocycles. The topological polar surface area (TPSA) is 108 Å². The molecule has 1 aliphatic carbocycles. The summed E-state index contributed by atoms with van der Waals surface area (Å²) in [6.07, 6.45) is 3.78. The maximum absolute atomic E-state index is 11.1. The minimum atomic E-state index is -0.641. The van der Waals surface area contributed by atoms with Crippen molar-refractivity contribution in [2.24, 2.45) is 0 Å². The third kappa shape index (κ3) is 3.66. The molecule has 1 N–H and O–H groups in total. The SMILES string of the molecule is COC1CCCC(Nc2ccc([N+](=O)[O-])cc2[N+](=O)[O-])C1. The van der Waals surface area contributed by atoms with E-state index in [2.05, 4.69) is 5.32 Å². The number of nitro benzene ring substituents is 2. The summed E-state index contributed by atoms with van der Waals surface area (Å²) in [6, 6.07) is 3.72. The van der Waals surface area contributed by atoms with Gasteiger partial charge in [0.2, 0.25) is 0 Å². The van der Waals surface area contributed by atoms with Crippen molar-refractivity contribution >= 4 is 17.1 Å². The van der Waals surface area contributed by atoms with Crippen LogP contribution in [-0.4, -0.2) is 29.1 Å². The van der Waals surface area contributed by atoms with Gasteiger partial charge in [0.1, 0.15) is 5.69 Å². The largest absolute Gasteiger partial charge is 0.381 e. The second-order valence-corrected chi connectivity index (χ2v) is 5.08. The van der Waals surface area contributed by atoms with Gasteiger partial charge in [-0.1, -0.05) is 0 Å². The van der Waals surface area contributed by atoms with Gasteiger partial charge in [0.15, 0.2) is 0 Å². The Morgan fingerprint density at radius 3 is 2.62 bits per heavy atom. The Kier molecular flexibility index (Phi) is 4.69. The molecule has 1 aromatic carbocycles. The number of rotatable bonds is 5. The first-order valence-corrected chi connectivity index (χ1v) is 6.73. The fraction of sp³-hybridized carbons (Fsp3) is 0.538. The Bertz CT molecular complexity index is 549. The highest BCUT2D eigenvalue weighted by Gasteiger charge is 2.25. The number of non-ortho nitro benzene ring substituents is 1. The fourth-order valence-corrected chi connectivity index (χ4v) is 2.62. The quantitative estimate of drug-likeness (QED) is 0.661. The van der Waals surface area contributed by atoms with Gasteiger partial charge in [-0.2, -0.15) is 0 Å². The summed E-state index contributed by atoms with van der Waals surface area (Å²) >= 11 is 0. The first kappa shape index (κ1) is 15.2. The van der Waals surface area contributed by atoms with Gasteiger partial charge < -0.3 is 10.1 Å². The third-order valence-corrected chi connectivity index (χ3v) is 3.71. The lowest BCUT2D eigenvalue weighted by Gasteiger charge is -2.29. The van der Waals surface area contributed by atoms with Gasteiger partial charge >= 0.3 is 0 Å². The normalized spacial score (nSPS) is 21.8. The van der Waals surface area contributed by atoms with Crippen molar-refractivity contribution in [2.45, 2.75) is 37.8 Å². The number of hydrogen-bond acceptors (Lipinski definition) is 6. The zero-order valence-electron chi connectivity index (χ0n) is 11.7. The van der Waals surface area contributed by atoms with E-state index >= 15 is 0 Å². The van der Waals surface area contributed by atoms with Crippen LogP contribution in [0.1, 0.15) is 25.7 Å². The maximum atomic E-state index is 11.1. The molecule has 0 bridgehead atoms. The van der Waals surface area contributed by atoms with Crippen molar-refractivity contribution in [1.29, 1.82) is 0 Å². The number of nitro groups is 2. The Balaban J connectivity index is 2.19. The first-order valence-electron chi connectivity index (χ1n) is 6.73. The molecular weight excluding hydrogens is 278 g/mol. The zero-order chi connectivity index (χ0) is 15.4. The Labute approximate surface area is 121 Å². The van der Waals surface area contributed by atoms with E-state index in [0.717, 1.165) is 31.7 Å². The molecule has 114 valence electrons. The number of nitrogens with one attached hydrogen (secondary N) is 1. The van der Waals surface area contributed by atoms with E-state index in [1.807, 2.05) is 0 Å². The van der Waals surface area contributed by atoms with Gasteiger partial charge in [-0.05, 0) is 31.7 Å². The van der Waals surface area contributed by atoms with E-state index in [0.29, 0.717) is 5.69 Å². The van der Waals surface area contributed by atoms with Crippen LogP contribution in [0.2, 0.25) is 0 Å². The lowest BCUT2D eigenvalue weighted by Crippen LogP contribution is -2.31. The molecule has 2 unspecified atom stereocenters. The van der Waals surface area contributed by atoms with Crippen LogP contribution >= 0.6 is 0 Å². The second kappa shape index (κ2) is 6.49. The molecule has 0 radical (unpaired) electrons. The minimum absolute atomic E-state index is 0.0730. The Morgan fingerprint density at radius 1 is 1.24 bits per heavy atom. The van der Waals surface area contributed by atoms with Gasteiger partial charge in [-0.25, -0.2) is 0 Å². The smallest absolute Gasteiger partial charge is 0.299 e. The van der Waals surface area contributed by atoms with Crippen LogP contribution in [0.15, 0.2) is 18.2 Å². The lowest BCUT2D eigenvalue weighted by atomic mass is 9.92. The molecule has 1 saturated carbocycles. The van der Waals surface area contributed by atoms with E-state index in [9.17, 15) is 20.2 Å². The number of methoxy groups -OCH3 is 1. The molecule has 1 aromatic rings. The molecule has 0 spiro atoms. The Hall–Kier alpha value is -2.22. The maximum Gasteiger partial charge on any atom is 0.299 e. The monoisotopic (exact) mass is 295 g/mol. The predicted molar refractivity (Wildman–Crippen MR) is 76.4 cm³/mol. The van der Waals surface area contributed by atoms with Gasteiger partial charge in [0.25, 0.3) is 11.4 Å². The van der Waals surface area contributed by atoms with Crippen molar-refractivity contribution in [3.63, 3.8) is 0 Å². The average molecular weight is 295 g/mol. The highest BCUT2D eigenvalue weighted by atomic mass is 16.6. The van der Waals surface area contributed by atoms with Crippen molar-refractivity contribution in [2.75, 3.05) is 12.4 Å². The summed E-state index contributed by atoms with van der Waals surface area (Å²) in [7, 11) is 1.65. The summed E-state index contributed by atoms with van der Waals surface area (Å²) < 4.78 is 5.32. The summed E-state index contributed by atoms with van der Waals surface area (Å²) in [5.41, 5.74) is -0.248. The van der Waals surface area contributed by atoms with Crippen LogP contribution < -0.4 is 5.32 Å². The number of ether oxygens (including phenoxy) is 1. The van der Waals surface area contributed by atoms with Crippen molar-refractivity contribution in [3.05, 3.63) is 38.4 Å². The molecule has 0 aromatic heterocycles. The first-order chi connectivity index (χ1) is 10.0. The van der Waals surface area contributed by atoms with Crippen LogP contribution in [0.5, 0.6) is 0 Å². The van der Waals surface area contributed by atoms with Crippen molar-refractivity contribution in [1.82, 2.24) is 0 Å². The van der Waals surface area contributed by atoms with Crippen molar-refractivity contribution in [3.8, 4) is 0 Å². The minimum Gasteiger partial charge on any atom is -0.381 e. The molecule has 0 amide bonds. The van der Waals surface area contributed by atoms with Crippen LogP contribution in [0, 0.1) is 20.2 Å². The van der Waals surface area contributed by atoms with E-state index < -0.39 is 9.85 Å². The molecule has 0 heterocycles. The molecule has 21 heavy (non-hydrogen) atoms. The van der Waals surface area contributed by atoms with E-state index in [1.54, 1.807) is 7.11 Å². The van der Waals surface area contributed by atoms with Crippen LogP contribution in [-0.2, 0) is 4.74 Å². The third-order valence-electron chi connectivity index (χ3n) is 3.71. The second-order valence-electron chi connectivity index (χ2n) is 5.08.